The van der Waals surface area contributed by atoms with Crippen LogP contribution in [0.4, 0.5) is 4.39 Å². The zero-order valence-electron chi connectivity index (χ0n) is 12.8. The van der Waals surface area contributed by atoms with Gasteiger partial charge in [-0.25, -0.2) is 14.2 Å². The molecule has 0 saturated carbocycles. The number of carbonyl (C=O) groups excluding carboxylic acids is 1. The summed E-state index contributed by atoms with van der Waals surface area (Å²) >= 11 is 7.20. The molecule has 2 rings (SSSR count). The molecule has 1 aromatic heterocycles. The van der Waals surface area contributed by atoms with Crippen LogP contribution in [-0.2, 0) is 22.7 Å². The highest BCUT2D eigenvalue weighted by Gasteiger charge is 2.05. The first kappa shape index (κ1) is 17.6. The molecule has 0 aliphatic heterocycles. The number of halogens is 2. The van der Waals surface area contributed by atoms with Gasteiger partial charge in [0.15, 0.2) is 0 Å². The normalized spacial score (nSPS) is 11.3. The van der Waals surface area contributed by atoms with Gasteiger partial charge in [-0.3, -0.25) is 0 Å². The summed E-state index contributed by atoms with van der Waals surface area (Å²) < 4.78 is 18.2. The molecule has 0 radical (unpaired) electrons. The number of nitrogens with zero attached hydrogens (tertiary/aromatic N) is 2. The summed E-state index contributed by atoms with van der Waals surface area (Å²) in [5.74, 6) is -0.990. The highest BCUT2D eigenvalue weighted by atomic mass is 35.5. The molecule has 23 heavy (non-hydrogen) atoms. The van der Waals surface area contributed by atoms with E-state index >= 15 is 0 Å². The molecule has 0 unspecified atom stereocenters. The van der Waals surface area contributed by atoms with E-state index in [1.807, 2.05) is 24.4 Å². The molecule has 4 nitrogen and oxygen atoms in total. The van der Waals surface area contributed by atoms with Crippen molar-refractivity contribution >= 4 is 35.0 Å². The van der Waals surface area contributed by atoms with Gasteiger partial charge < -0.3 is 9.64 Å². The largest absolute Gasteiger partial charge is 0.456 e. The monoisotopic (exact) mass is 354 g/mol. The molecular formula is C16H16ClFN2O2S. The van der Waals surface area contributed by atoms with E-state index in [0.717, 1.165) is 17.2 Å². The highest BCUT2D eigenvalue weighted by molar-refractivity contribution is 7.09. The van der Waals surface area contributed by atoms with Crippen molar-refractivity contribution in [3.63, 3.8) is 0 Å². The Morgan fingerprint density at radius 2 is 2.26 bits per heavy atom. The van der Waals surface area contributed by atoms with Gasteiger partial charge in [-0.15, -0.1) is 11.3 Å². The number of benzene rings is 1. The van der Waals surface area contributed by atoms with Gasteiger partial charge >= 0.3 is 5.97 Å². The van der Waals surface area contributed by atoms with E-state index in [4.69, 9.17) is 16.3 Å². The summed E-state index contributed by atoms with van der Waals surface area (Å²) in [6.45, 7) is 0.876. The standard InChI is InChI=1S/C16H16ClFN2O2S/c1-20(2)8-15-19-12(10-23-15)9-22-16(21)6-4-11-3-5-14(18)13(17)7-11/h3-7,10H,8-9H2,1-2H3. The lowest BCUT2D eigenvalue weighted by Gasteiger charge is -2.05. The van der Waals surface area contributed by atoms with E-state index in [0.29, 0.717) is 5.56 Å². The fourth-order valence-electron chi connectivity index (χ4n) is 1.73. The van der Waals surface area contributed by atoms with Crippen molar-refractivity contribution in [2.24, 2.45) is 0 Å². The number of esters is 1. The topological polar surface area (TPSA) is 42.4 Å². The molecule has 0 fully saturated rings. The van der Waals surface area contributed by atoms with E-state index in [9.17, 15) is 9.18 Å². The number of hydrogen-bond donors (Lipinski definition) is 0. The Bertz CT molecular complexity index is 716. The highest BCUT2D eigenvalue weighted by Crippen LogP contribution is 2.17. The summed E-state index contributed by atoms with van der Waals surface area (Å²) in [4.78, 5) is 18.1. The smallest absolute Gasteiger partial charge is 0.331 e. The molecule has 2 aromatic rings. The molecule has 0 saturated heterocycles. The minimum absolute atomic E-state index is 0.0106. The lowest BCUT2D eigenvalue weighted by molar-refractivity contribution is -0.139. The van der Waals surface area contributed by atoms with E-state index in [1.165, 1.54) is 41.7 Å². The molecule has 1 heterocycles. The second-order valence-corrected chi connectivity index (χ2v) is 6.43. The van der Waals surface area contributed by atoms with E-state index in [1.54, 1.807) is 0 Å². The summed E-state index contributed by atoms with van der Waals surface area (Å²) in [6, 6.07) is 4.21. The van der Waals surface area contributed by atoms with Crippen LogP contribution in [0.25, 0.3) is 6.08 Å². The fraction of sp³-hybridized carbons (Fsp3) is 0.250. The van der Waals surface area contributed by atoms with Gasteiger partial charge in [-0.1, -0.05) is 17.7 Å². The molecule has 0 N–H and O–H groups in total. The Morgan fingerprint density at radius 3 is 2.96 bits per heavy atom. The number of aromatic nitrogens is 1. The molecule has 7 heteroatoms. The first-order chi connectivity index (χ1) is 10.9. The van der Waals surface area contributed by atoms with Crippen LogP contribution in [0, 0.1) is 5.82 Å². The summed E-state index contributed by atoms with van der Waals surface area (Å²) in [5.41, 5.74) is 1.34. The van der Waals surface area contributed by atoms with E-state index < -0.39 is 11.8 Å². The van der Waals surface area contributed by atoms with Crippen LogP contribution in [0.15, 0.2) is 29.7 Å². The van der Waals surface area contributed by atoms with Crippen LogP contribution in [0.5, 0.6) is 0 Å². The van der Waals surface area contributed by atoms with Gasteiger partial charge in [-0.2, -0.15) is 0 Å². The number of rotatable bonds is 6. The first-order valence-electron chi connectivity index (χ1n) is 6.82. The average Bonchev–Trinajstić information content (AvgIpc) is 2.93. The third-order valence-electron chi connectivity index (χ3n) is 2.77. The predicted molar refractivity (Wildman–Crippen MR) is 89.7 cm³/mol. The van der Waals surface area contributed by atoms with Gasteiger partial charge in [0, 0.05) is 18.0 Å². The van der Waals surface area contributed by atoms with E-state index in [-0.39, 0.29) is 11.6 Å². The number of carbonyl (C=O) groups is 1. The quantitative estimate of drug-likeness (QED) is 0.585. The predicted octanol–water partition coefficient (Wildman–Crippen LogP) is 3.75. The number of ether oxygens (including phenoxy) is 1. The van der Waals surface area contributed by atoms with E-state index in [2.05, 4.69) is 4.98 Å². The van der Waals surface area contributed by atoms with Crippen LogP contribution >= 0.6 is 22.9 Å². The zero-order chi connectivity index (χ0) is 16.8. The third-order valence-corrected chi connectivity index (χ3v) is 3.94. The molecule has 0 spiro atoms. The fourth-order valence-corrected chi connectivity index (χ4v) is 2.82. The molecule has 0 bridgehead atoms. The van der Waals surface area contributed by atoms with Crippen molar-refractivity contribution in [3.8, 4) is 0 Å². The Labute approximate surface area is 143 Å². The van der Waals surface area contributed by atoms with Crippen molar-refractivity contribution in [1.29, 1.82) is 0 Å². The summed E-state index contributed by atoms with van der Waals surface area (Å²) in [7, 11) is 3.93. The van der Waals surface area contributed by atoms with Gasteiger partial charge in [-0.05, 0) is 37.9 Å². The van der Waals surface area contributed by atoms with Crippen LogP contribution < -0.4 is 0 Å². The van der Waals surface area contributed by atoms with Gasteiger partial charge in [0.25, 0.3) is 0 Å². The maximum atomic E-state index is 13.0. The SMILES string of the molecule is CN(C)Cc1nc(COC(=O)C=Cc2ccc(F)c(Cl)c2)cs1. The Morgan fingerprint density at radius 1 is 1.48 bits per heavy atom. The van der Waals surface area contributed by atoms with Crippen molar-refractivity contribution in [2.45, 2.75) is 13.2 Å². The van der Waals surface area contributed by atoms with Crippen molar-refractivity contribution in [3.05, 3.63) is 56.8 Å². The molecule has 0 amide bonds. The third kappa shape index (κ3) is 5.74. The van der Waals surface area contributed by atoms with Gasteiger partial charge in [0.2, 0.25) is 0 Å². The number of thiazole rings is 1. The maximum Gasteiger partial charge on any atom is 0.331 e. The van der Waals surface area contributed by atoms with Crippen LogP contribution in [0.1, 0.15) is 16.3 Å². The zero-order valence-corrected chi connectivity index (χ0v) is 14.3. The van der Waals surface area contributed by atoms with Crippen LogP contribution in [-0.4, -0.2) is 29.9 Å². The molecule has 122 valence electrons. The maximum absolute atomic E-state index is 13.0. The molecular weight excluding hydrogens is 339 g/mol. The van der Waals surface area contributed by atoms with Crippen LogP contribution in [0.2, 0.25) is 5.02 Å². The second-order valence-electron chi connectivity index (χ2n) is 5.08. The Kier molecular flexibility index (Phi) is 6.27. The second kappa shape index (κ2) is 8.19. The van der Waals surface area contributed by atoms with Crippen molar-refractivity contribution in [2.75, 3.05) is 14.1 Å². The first-order valence-corrected chi connectivity index (χ1v) is 8.07. The Hall–Kier alpha value is -1.76. The minimum atomic E-state index is -0.497. The van der Waals surface area contributed by atoms with Crippen molar-refractivity contribution in [1.82, 2.24) is 9.88 Å². The summed E-state index contributed by atoms with van der Waals surface area (Å²) in [6.07, 6.45) is 2.79. The van der Waals surface area contributed by atoms with Gasteiger partial charge in [0.05, 0.1) is 10.7 Å². The molecule has 0 aliphatic carbocycles. The van der Waals surface area contributed by atoms with Gasteiger partial charge in [0.1, 0.15) is 17.4 Å². The summed E-state index contributed by atoms with van der Waals surface area (Å²) in [5, 5.41) is 2.85. The molecule has 0 aliphatic rings. The molecule has 1 aromatic carbocycles. The average molecular weight is 355 g/mol. The lowest BCUT2D eigenvalue weighted by atomic mass is 10.2. The van der Waals surface area contributed by atoms with Crippen LogP contribution in [0.3, 0.4) is 0 Å². The Balaban J connectivity index is 1.86. The van der Waals surface area contributed by atoms with Crippen molar-refractivity contribution < 1.29 is 13.9 Å². The lowest BCUT2D eigenvalue weighted by Crippen LogP contribution is -2.10. The minimum Gasteiger partial charge on any atom is -0.456 e. The molecule has 0 atom stereocenters. The number of hydrogen-bond acceptors (Lipinski definition) is 5.